The normalized spacial score (nSPS) is 12.8. The fourth-order valence-electron chi connectivity index (χ4n) is 6.38. The average molecular weight is 712 g/mol. The number of aldehydes is 2. The highest BCUT2D eigenvalue weighted by Crippen LogP contribution is 2.21. The summed E-state index contributed by atoms with van der Waals surface area (Å²) in [5.41, 5.74) is 0. The minimum atomic E-state index is 0.741. The fourth-order valence-corrected chi connectivity index (χ4v) is 6.38. The summed E-state index contributed by atoms with van der Waals surface area (Å²) in [6.07, 6.45) is 29.5. The lowest BCUT2D eigenvalue weighted by Gasteiger charge is -2.24. The van der Waals surface area contributed by atoms with Gasteiger partial charge in [0.1, 0.15) is 12.6 Å². The monoisotopic (exact) mass is 712 g/mol. The molecule has 0 N–H and O–H groups in total. The van der Waals surface area contributed by atoms with Gasteiger partial charge in [-0.1, -0.05) is 145 Å². The van der Waals surface area contributed by atoms with E-state index in [1.165, 1.54) is 116 Å². The van der Waals surface area contributed by atoms with Crippen LogP contribution in [-0.2, 0) is 19.1 Å². The molecule has 0 radical (unpaired) electrons. The second kappa shape index (κ2) is 41.0. The van der Waals surface area contributed by atoms with Gasteiger partial charge in [-0.05, 0) is 88.1 Å². The molecule has 0 aliphatic rings. The number of carbonyl (C=O) groups is 2. The van der Waals surface area contributed by atoms with Crippen LogP contribution in [0.4, 0.5) is 0 Å². The molecule has 0 saturated carbocycles. The smallest absolute Gasteiger partial charge is 0.119 e. The first kappa shape index (κ1) is 53.6. The molecule has 0 fully saturated rings. The van der Waals surface area contributed by atoms with Crippen molar-refractivity contribution in [2.75, 3.05) is 41.5 Å². The van der Waals surface area contributed by atoms with Crippen LogP contribution in [0.15, 0.2) is 0 Å². The van der Waals surface area contributed by atoms with Gasteiger partial charge >= 0.3 is 0 Å². The van der Waals surface area contributed by atoms with Gasteiger partial charge in [0.25, 0.3) is 0 Å². The molecular weight excluding hydrogens is 618 g/mol. The summed E-state index contributed by atoms with van der Waals surface area (Å²) in [4.78, 5) is 22.9. The molecule has 0 aliphatic heterocycles. The van der Waals surface area contributed by atoms with Gasteiger partial charge in [-0.25, -0.2) is 0 Å². The minimum absolute atomic E-state index is 0.741. The highest BCUT2D eigenvalue weighted by atomic mass is 16.5. The summed E-state index contributed by atoms with van der Waals surface area (Å²) in [5.74, 6) is 4.65. The zero-order valence-corrected chi connectivity index (χ0v) is 36.2. The molecule has 0 aromatic carbocycles. The molecule has 0 aromatic rings. The Balaban J connectivity index is -0.000000762. The zero-order chi connectivity index (χ0) is 38.4. The SMILES string of the molecule is CN(C)C(CCCCCCCCCC=O)CCCCCCCCCC=O.COCC(CCC(C)C)C(C)C.COCC(CCC(C)C)C(C)C. The molecule has 0 aromatic heterocycles. The summed E-state index contributed by atoms with van der Waals surface area (Å²) in [6, 6.07) is 0.746. The van der Waals surface area contributed by atoms with Crippen molar-refractivity contribution < 1.29 is 19.1 Å². The van der Waals surface area contributed by atoms with Crippen LogP contribution in [0.5, 0.6) is 0 Å². The molecule has 0 bridgehead atoms. The second-order valence-corrected chi connectivity index (χ2v) is 16.9. The van der Waals surface area contributed by atoms with Crippen LogP contribution in [-0.4, -0.2) is 65.0 Å². The number of methoxy groups -OCH3 is 2. The van der Waals surface area contributed by atoms with E-state index in [2.05, 4.69) is 74.4 Å². The van der Waals surface area contributed by atoms with E-state index < -0.39 is 0 Å². The van der Waals surface area contributed by atoms with E-state index >= 15 is 0 Å². The zero-order valence-electron chi connectivity index (χ0n) is 36.2. The van der Waals surface area contributed by atoms with Gasteiger partial charge in [0, 0.05) is 46.3 Å². The van der Waals surface area contributed by atoms with Crippen molar-refractivity contribution in [2.24, 2.45) is 35.5 Å². The molecule has 302 valence electrons. The largest absolute Gasteiger partial charge is 0.384 e. The predicted octanol–water partition coefficient (Wildman–Crippen LogP) is 13.0. The van der Waals surface area contributed by atoms with E-state index in [4.69, 9.17) is 9.47 Å². The molecule has 0 spiro atoms. The number of unbranched alkanes of at least 4 members (excludes halogenated alkanes) is 14. The van der Waals surface area contributed by atoms with E-state index in [1.807, 2.05) is 0 Å². The lowest BCUT2D eigenvalue weighted by atomic mass is 9.89. The van der Waals surface area contributed by atoms with Gasteiger partial charge in [-0.15, -0.1) is 0 Å². The Morgan fingerprint density at radius 2 is 0.740 bits per heavy atom. The summed E-state index contributed by atoms with van der Waals surface area (Å²) in [5, 5.41) is 0. The Kier molecular flexibility index (Phi) is 43.9. The molecule has 0 rings (SSSR count). The molecule has 0 heterocycles. The van der Waals surface area contributed by atoms with Gasteiger partial charge < -0.3 is 24.0 Å². The molecule has 0 amide bonds. The first-order chi connectivity index (χ1) is 23.9. The fraction of sp³-hybridized carbons (Fsp3) is 0.956. The number of carbonyl (C=O) groups excluding carboxylic acids is 2. The van der Waals surface area contributed by atoms with Crippen molar-refractivity contribution in [3.8, 4) is 0 Å². The van der Waals surface area contributed by atoms with Gasteiger partial charge in [-0.2, -0.15) is 0 Å². The van der Waals surface area contributed by atoms with Crippen molar-refractivity contribution in [3.05, 3.63) is 0 Å². The van der Waals surface area contributed by atoms with E-state index in [9.17, 15) is 9.59 Å². The summed E-state index contributed by atoms with van der Waals surface area (Å²) < 4.78 is 10.4. The molecule has 2 unspecified atom stereocenters. The maximum Gasteiger partial charge on any atom is 0.119 e. The maximum absolute atomic E-state index is 10.3. The maximum atomic E-state index is 10.3. The molecule has 5 nitrogen and oxygen atoms in total. The van der Waals surface area contributed by atoms with E-state index in [-0.39, 0.29) is 0 Å². The molecule has 2 atom stereocenters. The lowest BCUT2D eigenvalue weighted by molar-refractivity contribution is -0.108. The molecular formula is C45H93NO4. The third kappa shape index (κ3) is 41.6. The topological polar surface area (TPSA) is 55.8 Å². The van der Waals surface area contributed by atoms with Gasteiger partial charge in [0.15, 0.2) is 0 Å². The van der Waals surface area contributed by atoms with Crippen LogP contribution >= 0.6 is 0 Å². The number of nitrogens with zero attached hydrogens (tertiary/aromatic N) is 1. The quantitative estimate of drug-likeness (QED) is 0.0501. The minimum Gasteiger partial charge on any atom is -0.384 e. The third-order valence-electron chi connectivity index (χ3n) is 10.3. The number of hydrogen-bond acceptors (Lipinski definition) is 5. The first-order valence-corrected chi connectivity index (χ1v) is 21.4. The molecule has 0 saturated heterocycles. The van der Waals surface area contributed by atoms with Crippen molar-refractivity contribution in [2.45, 2.75) is 203 Å². The van der Waals surface area contributed by atoms with E-state index in [0.29, 0.717) is 0 Å². The van der Waals surface area contributed by atoms with Gasteiger partial charge in [0.2, 0.25) is 0 Å². The van der Waals surface area contributed by atoms with Gasteiger partial charge in [-0.3, -0.25) is 0 Å². The van der Waals surface area contributed by atoms with Gasteiger partial charge in [0.05, 0.1) is 0 Å². The predicted molar refractivity (Wildman–Crippen MR) is 221 cm³/mol. The van der Waals surface area contributed by atoms with Crippen molar-refractivity contribution >= 4 is 12.6 Å². The Hall–Kier alpha value is -0.780. The number of ether oxygens (including phenoxy) is 2. The Morgan fingerprint density at radius 3 is 0.980 bits per heavy atom. The Bertz CT molecular complexity index is 611. The average Bonchev–Trinajstić information content (AvgIpc) is 3.06. The molecule has 50 heavy (non-hydrogen) atoms. The highest BCUT2D eigenvalue weighted by molar-refractivity contribution is 5.49. The van der Waals surface area contributed by atoms with Crippen LogP contribution in [0, 0.1) is 35.5 Å². The van der Waals surface area contributed by atoms with Crippen LogP contribution < -0.4 is 0 Å². The van der Waals surface area contributed by atoms with Crippen molar-refractivity contribution in [1.29, 1.82) is 0 Å². The number of rotatable bonds is 33. The van der Waals surface area contributed by atoms with Crippen LogP contribution in [0.2, 0.25) is 0 Å². The van der Waals surface area contributed by atoms with Crippen LogP contribution in [0.1, 0.15) is 197 Å². The van der Waals surface area contributed by atoms with Crippen molar-refractivity contribution in [3.63, 3.8) is 0 Å². The van der Waals surface area contributed by atoms with E-state index in [0.717, 1.165) is 93.0 Å². The summed E-state index contributed by atoms with van der Waals surface area (Å²) in [7, 11) is 8.05. The molecule has 0 aliphatic carbocycles. The second-order valence-electron chi connectivity index (χ2n) is 16.9. The summed E-state index contributed by atoms with van der Waals surface area (Å²) in [6.45, 7) is 20.1. The number of hydrogen-bond donors (Lipinski definition) is 0. The van der Waals surface area contributed by atoms with E-state index in [1.54, 1.807) is 14.2 Å². The van der Waals surface area contributed by atoms with Crippen molar-refractivity contribution in [1.82, 2.24) is 4.90 Å². The standard InChI is InChI=1S/C23H45NO2.2C11H24O/c1-24(2)23(19-15-11-7-3-5-9-13-17-21-25)20-16-12-8-4-6-10-14-18-22-26;2*1-9(2)6-7-11(8-12-5)10(3)4/h21-23H,3-20H2,1-2H3;2*9-11H,6-8H2,1-5H3. The van der Waals surface area contributed by atoms with Crippen LogP contribution in [0.3, 0.4) is 0 Å². The first-order valence-electron chi connectivity index (χ1n) is 21.4. The van der Waals surface area contributed by atoms with Crippen LogP contribution in [0.25, 0.3) is 0 Å². The summed E-state index contributed by atoms with van der Waals surface area (Å²) >= 11 is 0. The highest BCUT2D eigenvalue weighted by Gasteiger charge is 2.14. The Morgan fingerprint density at radius 1 is 0.440 bits per heavy atom. The molecule has 5 heteroatoms. The third-order valence-corrected chi connectivity index (χ3v) is 10.3. The Labute approximate surface area is 315 Å². The lowest BCUT2D eigenvalue weighted by Crippen LogP contribution is -2.27.